The second-order valence-corrected chi connectivity index (χ2v) is 4.24. The summed E-state index contributed by atoms with van der Waals surface area (Å²) in [6.07, 6.45) is 5.43. The Kier molecular flexibility index (Phi) is 3.19. The van der Waals surface area contributed by atoms with Gasteiger partial charge in [-0.05, 0) is 24.5 Å². The highest BCUT2D eigenvalue weighted by Gasteiger charge is 2.50. The van der Waals surface area contributed by atoms with Crippen LogP contribution in [0.1, 0.15) is 18.4 Å². The Labute approximate surface area is 95.0 Å². The number of nitrogens with zero attached hydrogens (tertiary/aromatic N) is 1. The molecule has 0 atom stereocenters. The van der Waals surface area contributed by atoms with Crippen LogP contribution in [0.4, 0.5) is 0 Å². The number of methoxy groups -OCH3 is 1. The molecule has 0 unspecified atom stereocenters. The highest BCUT2D eigenvalue weighted by Crippen LogP contribution is 2.46. The van der Waals surface area contributed by atoms with Crippen LogP contribution in [0.2, 0.25) is 0 Å². The molecule has 1 heterocycles. The molecule has 0 aliphatic heterocycles. The number of rotatable bonds is 5. The molecule has 1 saturated carbocycles. The first kappa shape index (κ1) is 11.1. The van der Waals surface area contributed by atoms with E-state index in [0.29, 0.717) is 6.54 Å². The molecule has 1 aliphatic rings. The molecular formula is C12H16N2O2. The van der Waals surface area contributed by atoms with Crippen molar-refractivity contribution in [2.75, 3.05) is 13.7 Å². The zero-order valence-corrected chi connectivity index (χ0v) is 9.40. The van der Waals surface area contributed by atoms with Gasteiger partial charge in [-0.15, -0.1) is 0 Å². The third-order valence-corrected chi connectivity index (χ3v) is 2.99. The molecule has 0 amide bonds. The average Bonchev–Trinajstić information content (AvgIpc) is 3.11. The summed E-state index contributed by atoms with van der Waals surface area (Å²) in [6, 6.07) is 3.92. The first-order valence-electron chi connectivity index (χ1n) is 5.45. The SMILES string of the molecule is COC(=O)C1(CNCc2cccnc2)CC1. The number of aromatic nitrogens is 1. The minimum absolute atomic E-state index is 0.0915. The summed E-state index contributed by atoms with van der Waals surface area (Å²) in [6.45, 7) is 1.43. The van der Waals surface area contributed by atoms with E-state index < -0.39 is 0 Å². The lowest BCUT2D eigenvalue weighted by atomic mass is 10.1. The van der Waals surface area contributed by atoms with Gasteiger partial charge in [0, 0.05) is 25.5 Å². The molecule has 0 spiro atoms. The van der Waals surface area contributed by atoms with Gasteiger partial charge in [-0.2, -0.15) is 0 Å². The van der Waals surface area contributed by atoms with Gasteiger partial charge in [-0.1, -0.05) is 6.07 Å². The van der Waals surface area contributed by atoms with Gasteiger partial charge < -0.3 is 10.1 Å². The Hall–Kier alpha value is -1.42. The van der Waals surface area contributed by atoms with Gasteiger partial charge in [0.2, 0.25) is 0 Å². The molecular weight excluding hydrogens is 204 g/mol. The van der Waals surface area contributed by atoms with Crippen LogP contribution in [-0.4, -0.2) is 24.6 Å². The Bertz CT molecular complexity index is 361. The Morgan fingerprint density at radius 3 is 3.00 bits per heavy atom. The third kappa shape index (κ3) is 2.39. The highest BCUT2D eigenvalue weighted by atomic mass is 16.5. The maximum Gasteiger partial charge on any atom is 0.313 e. The van der Waals surface area contributed by atoms with Gasteiger partial charge in [-0.3, -0.25) is 9.78 Å². The van der Waals surface area contributed by atoms with Crippen LogP contribution in [0.25, 0.3) is 0 Å². The van der Waals surface area contributed by atoms with E-state index in [9.17, 15) is 4.79 Å². The van der Waals surface area contributed by atoms with Crippen LogP contribution in [0.5, 0.6) is 0 Å². The van der Waals surface area contributed by atoms with E-state index in [4.69, 9.17) is 4.74 Å². The van der Waals surface area contributed by atoms with E-state index in [2.05, 4.69) is 10.3 Å². The van der Waals surface area contributed by atoms with Crippen molar-refractivity contribution in [3.63, 3.8) is 0 Å². The summed E-state index contributed by atoms with van der Waals surface area (Å²) in [4.78, 5) is 15.5. The van der Waals surface area contributed by atoms with Crippen LogP contribution in [0.3, 0.4) is 0 Å². The number of nitrogens with one attached hydrogen (secondary N) is 1. The number of esters is 1. The topological polar surface area (TPSA) is 51.2 Å². The summed E-state index contributed by atoms with van der Waals surface area (Å²) < 4.78 is 4.79. The lowest BCUT2D eigenvalue weighted by molar-refractivity contribution is -0.146. The Morgan fingerprint density at radius 1 is 1.62 bits per heavy atom. The van der Waals surface area contributed by atoms with Crippen molar-refractivity contribution in [2.45, 2.75) is 19.4 Å². The lowest BCUT2D eigenvalue weighted by Gasteiger charge is -2.13. The minimum Gasteiger partial charge on any atom is -0.469 e. The first-order valence-corrected chi connectivity index (χ1v) is 5.45. The van der Waals surface area contributed by atoms with Crippen LogP contribution in [-0.2, 0) is 16.1 Å². The normalized spacial score (nSPS) is 16.8. The summed E-state index contributed by atoms with van der Waals surface area (Å²) >= 11 is 0. The van der Waals surface area contributed by atoms with Crippen molar-refractivity contribution in [3.8, 4) is 0 Å². The molecule has 0 bridgehead atoms. The molecule has 2 rings (SSSR count). The largest absolute Gasteiger partial charge is 0.469 e. The number of hydrogen-bond acceptors (Lipinski definition) is 4. The van der Waals surface area contributed by atoms with Gasteiger partial charge in [0.05, 0.1) is 12.5 Å². The second kappa shape index (κ2) is 4.61. The Balaban J connectivity index is 1.79. The highest BCUT2D eigenvalue weighted by molar-refractivity contribution is 5.80. The zero-order valence-electron chi connectivity index (χ0n) is 9.40. The van der Waals surface area contributed by atoms with Crippen molar-refractivity contribution >= 4 is 5.97 Å². The maximum absolute atomic E-state index is 11.5. The smallest absolute Gasteiger partial charge is 0.313 e. The van der Waals surface area contributed by atoms with Gasteiger partial charge >= 0.3 is 5.97 Å². The zero-order chi connectivity index (χ0) is 11.4. The van der Waals surface area contributed by atoms with Crippen molar-refractivity contribution in [3.05, 3.63) is 30.1 Å². The van der Waals surface area contributed by atoms with Crippen molar-refractivity contribution in [1.29, 1.82) is 0 Å². The number of carbonyl (C=O) groups is 1. The fourth-order valence-electron chi connectivity index (χ4n) is 1.77. The van der Waals surface area contributed by atoms with E-state index >= 15 is 0 Å². The fourth-order valence-corrected chi connectivity index (χ4v) is 1.77. The molecule has 4 heteroatoms. The van der Waals surface area contributed by atoms with Crippen molar-refractivity contribution in [1.82, 2.24) is 10.3 Å². The molecule has 16 heavy (non-hydrogen) atoms. The predicted molar refractivity (Wildman–Crippen MR) is 59.6 cm³/mol. The van der Waals surface area contributed by atoms with E-state index in [-0.39, 0.29) is 11.4 Å². The van der Waals surface area contributed by atoms with Gasteiger partial charge in [0.1, 0.15) is 0 Å². The molecule has 1 fully saturated rings. The molecule has 86 valence electrons. The molecule has 1 aromatic rings. The second-order valence-electron chi connectivity index (χ2n) is 4.24. The predicted octanol–water partition coefficient (Wildman–Crippen LogP) is 1.12. The number of pyridine rings is 1. The monoisotopic (exact) mass is 220 g/mol. The summed E-state index contributed by atoms with van der Waals surface area (Å²) in [5.74, 6) is -0.0915. The third-order valence-electron chi connectivity index (χ3n) is 2.99. The summed E-state index contributed by atoms with van der Waals surface area (Å²) in [5, 5.41) is 3.28. The Morgan fingerprint density at radius 2 is 2.44 bits per heavy atom. The van der Waals surface area contributed by atoms with Gasteiger partial charge in [0.15, 0.2) is 0 Å². The summed E-state index contributed by atoms with van der Waals surface area (Å²) in [7, 11) is 1.45. The minimum atomic E-state index is -0.253. The molecule has 1 aliphatic carbocycles. The van der Waals surface area contributed by atoms with Crippen molar-refractivity contribution < 1.29 is 9.53 Å². The number of ether oxygens (including phenoxy) is 1. The van der Waals surface area contributed by atoms with E-state index in [1.807, 2.05) is 18.3 Å². The van der Waals surface area contributed by atoms with Crippen molar-refractivity contribution in [2.24, 2.45) is 5.41 Å². The van der Waals surface area contributed by atoms with Gasteiger partial charge in [0.25, 0.3) is 0 Å². The maximum atomic E-state index is 11.5. The molecule has 0 saturated heterocycles. The van der Waals surface area contributed by atoms with E-state index in [0.717, 1.165) is 24.9 Å². The van der Waals surface area contributed by atoms with Crippen LogP contribution in [0, 0.1) is 5.41 Å². The number of carbonyl (C=O) groups excluding carboxylic acids is 1. The average molecular weight is 220 g/mol. The van der Waals surface area contributed by atoms with Crippen LogP contribution >= 0.6 is 0 Å². The van der Waals surface area contributed by atoms with E-state index in [1.165, 1.54) is 7.11 Å². The molecule has 4 nitrogen and oxygen atoms in total. The molecule has 0 radical (unpaired) electrons. The summed E-state index contributed by atoms with van der Waals surface area (Å²) in [5.41, 5.74) is 0.875. The molecule has 1 aromatic heterocycles. The fraction of sp³-hybridized carbons (Fsp3) is 0.500. The van der Waals surface area contributed by atoms with Gasteiger partial charge in [-0.25, -0.2) is 0 Å². The standard InChI is InChI=1S/C12H16N2O2/c1-16-11(15)12(4-5-12)9-14-8-10-3-2-6-13-7-10/h2-3,6-7,14H,4-5,8-9H2,1H3. The molecule has 1 N–H and O–H groups in total. The number of hydrogen-bond donors (Lipinski definition) is 1. The van der Waals surface area contributed by atoms with E-state index in [1.54, 1.807) is 6.20 Å². The quantitative estimate of drug-likeness (QED) is 0.756. The van der Waals surface area contributed by atoms with Crippen LogP contribution in [0.15, 0.2) is 24.5 Å². The molecule has 0 aromatic carbocycles. The van der Waals surface area contributed by atoms with Crippen LogP contribution < -0.4 is 5.32 Å². The lowest BCUT2D eigenvalue weighted by Crippen LogP contribution is -2.30. The first-order chi connectivity index (χ1) is 7.77.